The molecule has 2 aromatic carbocycles. The summed E-state index contributed by atoms with van der Waals surface area (Å²) < 4.78 is 42.5. The van der Waals surface area contributed by atoms with Crippen LogP contribution in [0.15, 0.2) is 48.7 Å². The number of aromatic nitrogens is 1. The highest BCUT2D eigenvalue weighted by molar-refractivity contribution is 6.31. The number of fused-ring (bicyclic) bond motifs is 1. The number of benzene rings is 2. The Morgan fingerprint density at radius 1 is 1.09 bits per heavy atom. The second-order valence-electron chi connectivity index (χ2n) is 8.02. The number of carboxylic acid groups (broad SMARTS) is 2. The Morgan fingerprint density at radius 3 is 2.39 bits per heavy atom. The third-order valence-corrected chi connectivity index (χ3v) is 6.39. The number of nitrogens with zero attached hydrogens (tertiary/aromatic N) is 1. The number of hydrogen-bond acceptors (Lipinski definition) is 2. The summed E-state index contributed by atoms with van der Waals surface area (Å²) in [6.07, 6.45) is -1.85. The molecule has 0 fully saturated rings. The second kappa shape index (κ2) is 8.59. The molecular weight excluding hydrogens is 459 g/mol. The molecule has 0 spiro atoms. The monoisotopic (exact) mass is 477 g/mol. The second-order valence-corrected chi connectivity index (χ2v) is 8.43. The summed E-state index contributed by atoms with van der Waals surface area (Å²) in [5.41, 5.74) is 2.15. The quantitative estimate of drug-likeness (QED) is 0.489. The van der Waals surface area contributed by atoms with E-state index >= 15 is 0 Å². The average molecular weight is 478 g/mol. The van der Waals surface area contributed by atoms with E-state index < -0.39 is 29.6 Å². The van der Waals surface area contributed by atoms with Crippen molar-refractivity contribution in [2.24, 2.45) is 5.92 Å². The number of hydrogen-bond donors (Lipinski definition) is 2. The molecule has 0 saturated heterocycles. The highest BCUT2D eigenvalue weighted by Gasteiger charge is 2.35. The van der Waals surface area contributed by atoms with Gasteiger partial charge in [0.25, 0.3) is 0 Å². The maximum atomic E-state index is 13.6. The van der Waals surface area contributed by atoms with Gasteiger partial charge < -0.3 is 14.8 Å². The number of carboxylic acids is 2. The molecule has 0 amide bonds. The normalized spacial score (nSPS) is 15.8. The SMILES string of the molecule is O=C(O)c1ccc(-c2cn(Cc3c(Cl)cccc3C(F)(F)F)c3c2CCC(C(=O)O)C3)cc1. The number of carbonyl (C=O) groups is 2. The number of aromatic carboxylic acids is 1. The van der Waals surface area contributed by atoms with Crippen LogP contribution in [0.4, 0.5) is 13.2 Å². The highest BCUT2D eigenvalue weighted by Crippen LogP contribution is 2.39. The topological polar surface area (TPSA) is 79.5 Å². The van der Waals surface area contributed by atoms with Crippen molar-refractivity contribution in [2.75, 3.05) is 0 Å². The van der Waals surface area contributed by atoms with Crippen molar-refractivity contribution in [1.29, 1.82) is 0 Å². The Morgan fingerprint density at radius 2 is 1.79 bits per heavy atom. The summed E-state index contributed by atoms with van der Waals surface area (Å²) in [7, 11) is 0. The van der Waals surface area contributed by atoms with Gasteiger partial charge >= 0.3 is 18.1 Å². The first-order chi connectivity index (χ1) is 15.6. The van der Waals surface area contributed by atoms with Crippen molar-refractivity contribution < 1.29 is 33.0 Å². The smallest absolute Gasteiger partial charge is 0.416 e. The van der Waals surface area contributed by atoms with Crippen molar-refractivity contribution in [2.45, 2.75) is 32.0 Å². The molecule has 9 heteroatoms. The molecule has 0 radical (unpaired) electrons. The summed E-state index contributed by atoms with van der Waals surface area (Å²) in [6, 6.07) is 9.82. The molecule has 2 N–H and O–H groups in total. The minimum Gasteiger partial charge on any atom is -0.481 e. The van der Waals surface area contributed by atoms with Crippen LogP contribution < -0.4 is 0 Å². The molecule has 1 atom stereocenters. The maximum Gasteiger partial charge on any atom is 0.416 e. The zero-order valence-electron chi connectivity index (χ0n) is 17.2. The van der Waals surface area contributed by atoms with Gasteiger partial charge in [-0.05, 0) is 48.2 Å². The van der Waals surface area contributed by atoms with Crippen LogP contribution >= 0.6 is 11.6 Å². The Hall–Kier alpha value is -3.26. The van der Waals surface area contributed by atoms with E-state index in [0.29, 0.717) is 24.1 Å². The number of rotatable bonds is 5. The van der Waals surface area contributed by atoms with Crippen LogP contribution in [0.2, 0.25) is 5.02 Å². The molecule has 0 saturated carbocycles. The largest absolute Gasteiger partial charge is 0.481 e. The fourth-order valence-electron chi connectivity index (χ4n) is 4.36. The molecule has 1 aliphatic carbocycles. The van der Waals surface area contributed by atoms with Crippen LogP contribution in [0.3, 0.4) is 0 Å². The van der Waals surface area contributed by atoms with Crippen LogP contribution in [-0.2, 0) is 30.4 Å². The molecule has 1 heterocycles. The van der Waals surface area contributed by atoms with Crippen LogP contribution in [0, 0.1) is 5.92 Å². The minimum atomic E-state index is -4.59. The van der Waals surface area contributed by atoms with E-state index in [1.54, 1.807) is 22.9 Å². The van der Waals surface area contributed by atoms with Gasteiger partial charge in [0.2, 0.25) is 0 Å². The molecule has 0 aliphatic heterocycles. The first-order valence-electron chi connectivity index (χ1n) is 10.2. The van der Waals surface area contributed by atoms with E-state index in [9.17, 15) is 27.9 Å². The fourth-order valence-corrected chi connectivity index (χ4v) is 4.60. The lowest BCUT2D eigenvalue weighted by Crippen LogP contribution is -2.24. The lowest BCUT2D eigenvalue weighted by Gasteiger charge is -2.23. The first-order valence-corrected chi connectivity index (χ1v) is 10.6. The van der Waals surface area contributed by atoms with E-state index in [1.165, 1.54) is 24.3 Å². The molecule has 3 aromatic rings. The summed E-state index contributed by atoms with van der Waals surface area (Å²) in [5, 5.41) is 18.6. The number of halogens is 4. The zero-order valence-corrected chi connectivity index (χ0v) is 18.0. The predicted octanol–water partition coefficient (Wildman–Crippen LogP) is 5.76. The standard InChI is InChI=1S/C24H19ClF3NO4/c25-20-3-1-2-19(24(26,27)28)18(20)12-29-11-17(13-4-6-14(7-5-13)22(30)31)16-9-8-15(23(32)33)10-21(16)29/h1-7,11,15H,8-10,12H2,(H,30,31)(H,32,33). The van der Waals surface area contributed by atoms with Gasteiger partial charge in [-0.2, -0.15) is 13.2 Å². The van der Waals surface area contributed by atoms with Crippen LogP contribution in [0.5, 0.6) is 0 Å². The van der Waals surface area contributed by atoms with E-state index in [4.69, 9.17) is 16.7 Å². The summed E-state index contributed by atoms with van der Waals surface area (Å²) >= 11 is 6.16. The van der Waals surface area contributed by atoms with Crippen LogP contribution in [0.25, 0.3) is 11.1 Å². The minimum absolute atomic E-state index is 0.0229. The third kappa shape index (κ3) is 4.48. The molecule has 1 aliphatic rings. The van der Waals surface area contributed by atoms with Gasteiger partial charge in [-0.25, -0.2) is 4.79 Å². The van der Waals surface area contributed by atoms with Gasteiger partial charge in [-0.1, -0.05) is 29.8 Å². The van der Waals surface area contributed by atoms with Gasteiger partial charge in [-0.3, -0.25) is 4.79 Å². The lowest BCUT2D eigenvalue weighted by atomic mass is 9.85. The van der Waals surface area contributed by atoms with Crippen LogP contribution in [0.1, 0.15) is 39.2 Å². The lowest BCUT2D eigenvalue weighted by molar-refractivity contribution is -0.142. The van der Waals surface area contributed by atoms with Crippen molar-refractivity contribution in [1.82, 2.24) is 4.57 Å². The van der Waals surface area contributed by atoms with Crippen molar-refractivity contribution in [3.8, 4) is 11.1 Å². The zero-order chi connectivity index (χ0) is 23.9. The summed E-state index contributed by atoms with van der Waals surface area (Å²) in [4.78, 5) is 22.8. The number of aliphatic carboxylic acids is 1. The van der Waals surface area contributed by atoms with E-state index in [-0.39, 0.29) is 29.1 Å². The van der Waals surface area contributed by atoms with Gasteiger partial charge in [0.15, 0.2) is 0 Å². The van der Waals surface area contributed by atoms with Gasteiger partial charge in [0.1, 0.15) is 0 Å². The van der Waals surface area contributed by atoms with E-state index in [1.807, 2.05) is 0 Å². The Kier molecular flexibility index (Phi) is 5.97. The van der Waals surface area contributed by atoms with Gasteiger partial charge in [0.05, 0.1) is 17.0 Å². The van der Waals surface area contributed by atoms with Crippen molar-refractivity contribution in [3.05, 3.63) is 81.6 Å². The molecule has 1 aromatic heterocycles. The maximum absolute atomic E-state index is 13.6. The predicted molar refractivity (Wildman–Crippen MR) is 116 cm³/mol. The molecule has 172 valence electrons. The van der Waals surface area contributed by atoms with Gasteiger partial charge in [0, 0.05) is 41.0 Å². The number of alkyl halides is 3. The highest BCUT2D eigenvalue weighted by atomic mass is 35.5. The molecule has 33 heavy (non-hydrogen) atoms. The molecule has 4 rings (SSSR count). The Balaban J connectivity index is 1.83. The Bertz CT molecular complexity index is 1230. The van der Waals surface area contributed by atoms with Crippen molar-refractivity contribution >= 4 is 23.5 Å². The molecular formula is C24H19ClF3NO4. The van der Waals surface area contributed by atoms with E-state index in [0.717, 1.165) is 17.2 Å². The van der Waals surface area contributed by atoms with Crippen molar-refractivity contribution in [3.63, 3.8) is 0 Å². The van der Waals surface area contributed by atoms with Crippen LogP contribution in [-0.4, -0.2) is 26.7 Å². The fraction of sp³-hybridized carbons (Fsp3) is 0.250. The third-order valence-electron chi connectivity index (χ3n) is 6.03. The Labute approximate surface area is 192 Å². The molecule has 5 nitrogen and oxygen atoms in total. The van der Waals surface area contributed by atoms with Gasteiger partial charge in [-0.15, -0.1) is 0 Å². The van der Waals surface area contributed by atoms with E-state index in [2.05, 4.69) is 0 Å². The average Bonchev–Trinajstić information content (AvgIpc) is 3.12. The molecule has 1 unspecified atom stereocenters. The summed E-state index contributed by atoms with van der Waals surface area (Å²) in [6.45, 7) is -0.170. The first kappa shape index (κ1) is 22.9. The molecule has 0 bridgehead atoms. The summed E-state index contributed by atoms with van der Waals surface area (Å²) in [5.74, 6) is -2.65.